The summed E-state index contributed by atoms with van der Waals surface area (Å²) in [6, 6.07) is 10.3. The van der Waals surface area contributed by atoms with E-state index in [0.29, 0.717) is 6.54 Å². The summed E-state index contributed by atoms with van der Waals surface area (Å²) in [6.45, 7) is 0.480. The van der Waals surface area contributed by atoms with Gasteiger partial charge in [0.15, 0.2) is 6.29 Å². The molecule has 0 spiro atoms. The normalized spacial score (nSPS) is 11.2. The topological polar surface area (TPSA) is 62.1 Å². The molecule has 2 rings (SSSR count). The average molecular weight is 326 g/mol. The largest absolute Gasteiger partial charge is 0.354 e. The Balaban J connectivity index is 1.77. The molecule has 1 heterocycles. The van der Waals surface area contributed by atoms with Gasteiger partial charge in [-0.1, -0.05) is 30.0 Å². The molecule has 6 nitrogen and oxygen atoms in total. The second-order valence-electron chi connectivity index (χ2n) is 4.05. The Hall–Kier alpha value is -1.09. The van der Waals surface area contributed by atoms with Crippen LogP contribution in [0.4, 0.5) is 0 Å². The van der Waals surface area contributed by atoms with Crippen molar-refractivity contribution in [3.8, 4) is 0 Å². The van der Waals surface area contributed by atoms with Crippen LogP contribution in [0.5, 0.6) is 0 Å². The number of thioether (sulfide) groups is 2. The third-order valence-corrected chi connectivity index (χ3v) is 4.90. The molecule has 2 aromatic rings. The van der Waals surface area contributed by atoms with Gasteiger partial charge in [-0.15, -0.1) is 16.9 Å². The molecule has 0 fully saturated rings. The van der Waals surface area contributed by atoms with Crippen LogP contribution in [0.25, 0.3) is 0 Å². The minimum absolute atomic E-state index is 0.341. The maximum Gasteiger partial charge on any atom is 0.209 e. The van der Waals surface area contributed by atoms with E-state index in [-0.39, 0.29) is 6.29 Å². The highest BCUT2D eigenvalue weighted by atomic mass is 32.2. The fraction of sp³-hybridized carbons (Fsp3) is 0.462. The van der Waals surface area contributed by atoms with Crippen molar-refractivity contribution in [2.75, 3.05) is 25.7 Å². The number of methoxy groups -OCH3 is 2. The summed E-state index contributed by atoms with van der Waals surface area (Å²) in [5.41, 5.74) is 0. The van der Waals surface area contributed by atoms with Gasteiger partial charge < -0.3 is 9.47 Å². The van der Waals surface area contributed by atoms with Crippen molar-refractivity contribution in [3.05, 3.63) is 30.3 Å². The van der Waals surface area contributed by atoms with Crippen LogP contribution >= 0.6 is 23.5 Å². The quantitative estimate of drug-likeness (QED) is 0.397. The Morgan fingerprint density at radius 1 is 1.10 bits per heavy atom. The minimum atomic E-state index is -0.341. The smallest absolute Gasteiger partial charge is 0.209 e. The Kier molecular flexibility index (Phi) is 7.01. The molecule has 0 unspecified atom stereocenters. The highest BCUT2D eigenvalue weighted by molar-refractivity contribution is 8.02. The molecule has 0 aliphatic carbocycles. The zero-order chi connectivity index (χ0) is 14.9. The van der Waals surface area contributed by atoms with Gasteiger partial charge in [-0.3, -0.25) is 0 Å². The molecule has 1 aromatic heterocycles. The first-order valence-electron chi connectivity index (χ1n) is 6.46. The summed E-state index contributed by atoms with van der Waals surface area (Å²) in [7, 11) is 3.20. The third-order valence-electron chi connectivity index (χ3n) is 2.67. The van der Waals surface area contributed by atoms with E-state index in [9.17, 15) is 0 Å². The summed E-state index contributed by atoms with van der Waals surface area (Å²) >= 11 is 3.45. The van der Waals surface area contributed by atoms with Crippen LogP contribution in [0.15, 0.2) is 40.4 Å². The lowest BCUT2D eigenvalue weighted by Gasteiger charge is -2.13. The first kappa shape index (κ1) is 16.3. The second kappa shape index (κ2) is 9.04. The number of aromatic nitrogens is 4. The molecule has 0 saturated heterocycles. The van der Waals surface area contributed by atoms with Crippen LogP contribution in [0.3, 0.4) is 0 Å². The molecular formula is C13H18N4O2S2. The van der Waals surface area contributed by atoms with E-state index < -0.39 is 0 Å². The predicted octanol–water partition coefficient (Wildman–Crippen LogP) is 2.18. The van der Waals surface area contributed by atoms with Crippen molar-refractivity contribution >= 4 is 23.5 Å². The lowest BCUT2D eigenvalue weighted by atomic mass is 10.4. The van der Waals surface area contributed by atoms with Gasteiger partial charge in [0.25, 0.3) is 0 Å². The molecule has 8 heteroatoms. The van der Waals surface area contributed by atoms with E-state index >= 15 is 0 Å². The number of benzene rings is 1. The van der Waals surface area contributed by atoms with Gasteiger partial charge in [0.2, 0.25) is 5.16 Å². The van der Waals surface area contributed by atoms with Crippen molar-refractivity contribution in [2.45, 2.75) is 22.9 Å². The maximum atomic E-state index is 5.16. The maximum absolute atomic E-state index is 5.16. The highest BCUT2D eigenvalue weighted by Crippen LogP contribution is 2.21. The molecule has 0 aliphatic rings. The molecule has 1 aromatic carbocycles. The summed E-state index contributed by atoms with van der Waals surface area (Å²) in [5.74, 6) is 1.93. The summed E-state index contributed by atoms with van der Waals surface area (Å²) in [6.07, 6.45) is -0.341. The molecular weight excluding hydrogens is 308 g/mol. The standard InChI is InChI=1S/C13H18N4O2S2/c1-18-12(19-2)10-17-13(14-15-16-17)21-9-8-20-11-6-4-3-5-7-11/h3-7,12H,8-10H2,1-2H3. The second-order valence-corrected chi connectivity index (χ2v) is 6.28. The molecule has 0 N–H and O–H groups in total. The minimum Gasteiger partial charge on any atom is -0.354 e. The Morgan fingerprint density at radius 3 is 2.52 bits per heavy atom. The first-order valence-corrected chi connectivity index (χ1v) is 8.43. The summed E-state index contributed by atoms with van der Waals surface area (Å²) < 4.78 is 12.0. The van der Waals surface area contributed by atoms with Gasteiger partial charge in [-0.2, -0.15) is 0 Å². The molecule has 114 valence electrons. The van der Waals surface area contributed by atoms with Crippen molar-refractivity contribution in [1.29, 1.82) is 0 Å². The van der Waals surface area contributed by atoms with Crippen molar-refractivity contribution in [3.63, 3.8) is 0 Å². The molecule has 0 radical (unpaired) electrons. The number of hydrogen-bond donors (Lipinski definition) is 0. The fourth-order valence-corrected chi connectivity index (χ4v) is 3.40. The van der Waals surface area contributed by atoms with E-state index in [1.165, 1.54) is 4.90 Å². The van der Waals surface area contributed by atoms with Crippen LogP contribution in [-0.2, 0) is 16.0 Å². The van der Waals surface area contributed by atoms with Gasteiger partial charge in [-0.25, -0.2) is 4.68 Å². The monoisotopic (exact) mass is 326 g/mol. The number of nitrogens with zero attached hydrogens (tertiary/aromatic N) is 4. The summed E-state index contributed by atoms with van der Waals surface area (Å²) in [4.78, 5) is 1.27. The molecule has 0 saturated carbocycles. The molecule has 0 atom stereocenters. The zero-order valence-electron chi connectivity index (χ0n) is 12.0. The zero-order valence-corrected chi connectivity index (χ0v) is 13.6. The van der Waals surface area contributed by atoms with Gasteiger partial charge in [-0.05, 0) is 22.6 Å². The Morgan fingerprint density at radius 2 is 1.81 bits per heavy atom. The third kappa shape index (κ3) is 5.31. The van der Waals surface area contributed by atoms with Crippen LogP contribution in [0, 0.1) is 0 Å². The van der Waals surface area contributed by atoms with Gasteiger partial charge in [0.1, 0.15) is 0 Å². The number of hydrogen-bond acceptors (Lipinski definition) is 7. The van der Waals surface area contributed by atoms with E-state index in [1.807, 2.05) is 30.0 Å². The lowest BCUT2D eigenvalue weighted by Crippen LogP contribution is -2.22. The fourth-order valence-electron chi connectivity index (χ4n) is 1.61. The molecule has 0 aliphatic heterocycles. The van der Waals surface area contributed by atoms with Crippen LogP contribution in [0.2, 0.25) is 0 Å². The van der Waals surface area contributed by atoms with Crippen LogP contribution < -0.4 is 0 Å². The summed E-state index contributed by atoms with van der Waals surface area (Å²) in [5, 5.41) is 12.5. The van der Waals surface area contributed by atoms with E-state index in [1.54, 1.807) is 30.7 Å². The van der Waals surface area contributed by atoms with Gasteiger partial charge in [0.05, 0.1) is 6.54 Å². The Labute approximate surface area is 132 Å². The van der Waals surface area contributed by atoms with Crippen molar-refractivity contribution in [1.82, 2.24) is 20.2 Å². The van der Waals surface area contributed by atoms with E-state index in [0.717, 1.165) is 16.7 Å². The first-order chi connectivity index (χ1) is 10.3. The van der Waals surface area contributed by atoms with Gasteiger partial charge in [0, 0.05) is 30.6 Å². The molecule has 0 amide bonds. The van der Waals surface area contributed by atoms with Crippen LogP contribution in [0.1, 0.15) is 0 Å². The Bertz CT molecular complexity index is 520. The molecule has 0 bridgehead atoms. The highest BCUT2D eigenvalue weighted by Gasteiger charge is 2.12. The molecule has 21 heavy (non-hydrogen) atoms. The number of tetrazole rings is 1. The average Bonchev–Trinajstić information content (AvgIpc) is 2.97. The number of ether oxygens (including phenoxy) is 2. The SMILES string of the molecule is COC(Cn1nnnc1SCCSc1ccccc1)OC. The predicted molar refractivity (Wildman–Crippen MR) is 83.5 cm³/mol. The van der Waals surface area contributed by atoms with Crippen LogP contribution in [-0.4, -0.2) is 52.2 Å². The van der Waals surface area contributed by atoms with Crippen molar-refractivity contribution < 1.29 is 9.47 Å². The van der Waals surface area contributed by atoms with E-state index in [4.69, 9.17) is 9.47 Å². The number of rotatable bonds is 9. The van der Waals surface area contributed by atoms with Gasteiger partial charge >= 0.3 is 0 Å². The van der Waals surface area contributed by atoms with E-state index in [2.05, 4.69) is 27.7 Å². The lowest BCUT2D eigenvalue weighted by molar-refractivity contribution is -0.113. The van der Waals surface area contributed by atoms with Crippen molar-refractivity contribution in [2.24, 2.45) is 0 Å².